The number of amides is 2. The number of carbonyl (C=O) groups is 2. The Morgan fingerprint density at radius 1 is 1.24 bits per heavy atom. The minimum absolute atomic E-state index is 0.00920. The second-order valence-electron chi connectivity index (χ2n) is 9.51. The number of nitrogens with zero attached hydrogens (tertiary/aromatic N) is 1. The minimum Gasteiger partial charge on any atom is -0.444 e. The maximum atomic E-state index is 13.7. The molecule has 10 heteroatoms. The molecular formula is C23H30F3N3O4. The number of hydrogen-bond acceptors (Lipinski definition) is 5. The summed E-state index contributed by atoms with van der Waals surface area (Å²) in [5, 5.41) is 5.54. The molecule has 1 fully saturated rings. The van der Waals surface area contributed by atoms with Crippen molar-refractivity contribution >= 4 is 12.0 Å². The quantitative estimate of drug-likeness (QED) is 0.622. The number of carbonyl (C=O) groups excluding carboxylic acids is 2. The monoisotopic (exact) mass is 469 g/mol. The van der Waals surface area contributed by atoms with Crippen LogP contribution in [0.25, 0.3) is 0 Å². The Morgan fingerprint density at radius 2 is 1.91 bits per heavy atom. The van der Waals surface area contributed by atoms with Crippen LogP contribution in [0.5, 0.6) is 0 Å². The molecule has 0 aromatic heterocycles. The maximum Gasteiger partial charge on any atom is 0.416 e. The van der Waals surface area contributed by atoms with Gasteiger partial charge in [0.15, 0.2) is 0 Å². The van der Waals surface area contributed by atoms with Crippen molar-refractivity contribution in [3.63, 3.8) is 0 Å². The van der Waals surface area contributed by atoms with E-state index in [1.54, 1.807) is 27.8 Å². The summed E-state index contributed by atoms with van der Waals surface area (Å²) in [5.74, 6) is -0.318. The van der Waals surface area contributed by atoms with Gasteiger partial charge in [0.2, 0.25) is 0 Å². The van der Waals surface area contributed by atoms with Crippen LogP contribution in [0, 0.1) is 0 Å². The van der Waals surface area contributed by atoms with Gasteiger partial charge in [0.1, 0.15) is 11.4 Å². The highest BCUT2D eigenvalue weighted by atomic mass is 19.4. The van der Waals surface area contributed by atoms with Crippen molar-refractivity contribution in [2.45, 2.75) is 70.5 Å². The lowest BCUT2D eigenvalue weighted by Crippen LogP contribution is -2.57. The summed E-state index contributed by atoms with van der Waals surface area (Å²) in [6.45, 7) is 8.76. The van der Waals surface area contributed by atoms with E-state index in [9.17, 15) is 22.8 Å². The third kappa shape index (κ3) is 5.61. The highest BCUT2D eigenvalue weighted by molar-refractivity contribution is 6.00. The fraction of sp³-hybridized carbons (Fsp3) is 0.565. The smallest absolute Gasteiger partial charge is 0.416 e. The molecular weight excluding hydrogens is 439 g/mol. The van der Waals surface area contributed by atoms with Crippen molar-refractivity contribution in [2.24, 2.45) is 0 Å². The average Bonchev–Trinajstić information content (AvgIpc) is 2.99. The van der Waals surface area contributed by atoms with E-state index in [1.165, 1.54) is 11.0 Å². The Bertz CT molecular complexity index is 949. The van der Waals surface area contributed by atoms with Crippen LogP contribution in [0.15, 0.2) is 24.5 Å². The van der Waals surface area contributed by atoms with Crippen LogP contribution in [0.3, 0.4) is 0 Å². The third-order valence-electron chi connectivity index (χ3n) is 5.75. The zero-order valence-corrected chi connectivity index (χ0v) is 19.3. The average molecular weight is 470 g/mol. The standard InChI is InChI=1S/C23H30F3N3O4/c1-14(27-5)29-11-17-16(19(29)30)9-15(10-18(17)23(24,25)26)12-32-13-22(7-6-8-22)28-20(31)33-21(2,3)4/h9-10,27H,1,6-8,11-13H2,2-5H3,(H,28,31). The van der Waals surface area contributed by atoms with E-state index in [0.29, 0.717) is 12.8 Å². The van der Waals surface area contributed by atoms with Gasteiger partial charge in [-0.15, -0.1) is 0 Å². The molecule has 1 aromatic carbocycles. The van der Waals surface area contributed by atoms with Gasteiger partial charge < -0.3 is 20.1 Å². The first kappa shape index (κ1) is 24.9. The highest BCUT2D eigenvalue weighted by Gasteiger charge is 2.42. The number of alkyl carbamates (subject to hydrolysis) is 1. The van der Waals surface area contributed by atoms with Gasteiger partial charge >= 0.3 is 12.3 Å². The van der Waals surface area contributed by atoms with E-state index < -0.39 is 34.9 Å². The largest absolute Gasteiger partial charge is 0.444 e. The molecule has 1 saturated carbocycles. The fourth-order valence-corrected chi connectivity index (χ4v) is 3.95. The molecule has 1 aliphatic carbocycles. The molecule has 1 aromatic rings. The molecule has 7 nitrogen and oxygen atoms in total. The van der Waals surface area contributed by atoms with Crippen LogP contribution in [0.2, 0.25) is 0 Å². The highest BCUT2D eigenvalue weighted by Crippen LogP contribution is 2.39. The zero-order chi connectivity index (χ0) is 24.6. The number of ether oxygens (including phenoxy) is 2. The van der Waals surface area contributed by atoms with Gasteiger partial charge in [-0.3, -0.25) is 9.69 Å². The molecule has 1 heterocycles. The van der Waals surface area contributed by atoms with Crippen LogP contribution in [0.4, 0.5) is 18.0 Å². The predicted molar refractivity (Wildman–Crippen MR) is 115 cm³/mol. The number of benzene rings is 1. The van der Waals surface area contributed by atoms with E-state index in [-0.39, 0.29) is 42.3 Å². The molecule has 0 unspecified atom stereocenters. The Labute approximate surface area is 191 Å². The molecule has 2 N–H and O–H groups in total. The third-order valence-corrected chi connectivity index (χ3v) is 5.75. The molecule has 33 heavy (non-hydrogen) atoms. The molecule has 0 bridgehead atoms. The summed E-state index contributed by atoms with van der Waals surface area (Å²) in [4.78, 5) is 26.0. The zero-order valence-electron chi connectivity index (χ0n) is 19.3. The number of fused-ring (bicyclic) bond motifs is 1. The lowest BCUT2D eigenvalue weighted by atomic mass is 9.77. The van der Waals surface area contributed by atoms with Crippen molar-refractivity contribution in [2.75, 3.05) is 13.7 Å². The maximum absolute atomic E-state index is 13.7. The number of halogens is 3. The van der Waals surface area contributed by atoms with Crippen molar-refractivity contribution in [3.8, 4) is 0 Å². The molecule has 0 atom stereocenters. The van der Waals surface area contributed by atoms with E-state index in [0.717, 1.165) is 12.5 Å². The molecule has 0 saturated heterocycles. The second kappa shape index (κ2) is 8.89. The normalized spacial score (nSPS) is 17.3. The second-order valence-corrected chi connectivity index (χ2v) is 9.51. The first-order valence-corrected chi connectivity index (χ1v) is 10.8. The van der Waals surface area contributed by atoms with E-state index in [1.807, 2.05) is 0 Å². The van der Waals surface area contributed by atoms with Gasteiger partial charge in [-0.2, -0.15) is 13.2 Å². The molecule has 2 aliphatic rings. The van der Waals surface area contributed by atoms with Gasteiger partial charge in [0, 0.05) is 12.6 Å². The van der Waals surface area contributed by atoms with Crippen molar-refractivity contribution < 1.29 is 32.2 Å². The summed E-state index contributed by atoms with van der Waals surface area (Å²) in [6, 6.07) is 2.46. The summed E-state index contributed by atoms with van der Waals surface area (Å²) in [5.41, 5.74) is -1.96. The van der Waals surface area contributed by atoms with Gasteiger partial charge in [-0.05, 0) is 63.3 Å². The van der Waals surface area contributed by atoms with Gasteiger partial charge in [-0.25, -0.2) is 4.79 Å². The van der Waals surface area contributed by atoms with E-state index in [2.05, 4.69) is 17.2 Å². The van der Waals surface area contributed by atoms with Crippen LogP contribution in [0.1, 0.15) is 67.1 Å². The van der Waals surface area contributed by atoms with Crippen LogP contribution >= 0.6 is 0 Å². The first-order chi connectivity index (χ1) is 15.2. The number of rotatable bonds is 7. The lowest BCUT2D eigenvalue weighted by molar-refractivity contribution is -0.138. The van der Waals surface area contributed by atoms with Gasteiger partial charge in [0.25, 0.3) is 5.91 Å². The molecule has 0 radical (unpaired) electrons. The molecule has 182 valence electrons. The van der Waals surface area contributed by atoms with E-state index in [4.69, 9.17) is 9.47 Å². The molecule has 1 aliphatic heterocycles. The van der Waals surface area contributed by atoms with Crippen LogP contribution < -0.4 is 10.6 Å². The molecule has 2 amide bonds. The molecule has 0 spiro atoms. The van der Waals surface area contributed by atoms with Gasteiger partial charge in [0.05, 0.1) is 30.9 Å². The van der Waals surface area contributed by atoms with Crippen molar-refractivity contribution in [1.29, 1.82) is 0 Å². The van der Waals surface area contributed by atoms with Crippen molar-refractivity contribution in [1.82, 2.24) is 15.5 Å². The summed E-state index contributed by atoms with van der Waals surface area (Å²) in [6.07, 6.45) is -2.91. The number of nitrogens with one attached hydrogen (secondary N) is 2. The molecule has 3 rings (SSSR count). The fourth-order valence-electron chi connectivity index (χ4n) is 3.95. The minimum atomic E-state index is -4.62. The number of alkyl halides is 3. The Balaban J connectivity index is 1.73. The number of hydrogen-bond donors (Lipinski definition) is 2. The first-order valence-electron chi connectivity index (χ1n) is 10.8. The van der Waals surface area contributed by atoms with E-state index >= 15 is 0 Å². The van der Waals surface area contributed by atoms with Crippen LogP contribution in [-0.2, 0) is 28.8 Å². The van der Waals surface area contributed by atoms with Crippen LogP contribution in [-0.4, -0.2) is 41.7 Å². The summed E-state index contributed by atoms with van der Waals surface area (Å²) < 4.78 is 52.3. The van der Waals surface area contributed by atoms with Crippen molar-refractivity contribution in [3.05, 3.63) is 46.8 Å². The Hall–Kier alpha value is -2.75. The Morgan fingerprint density at radius 3 is 2.42 bits per heavy atom. The topological polar surface area (TPSA) is 79.9 Å². The Kier molecular flexibility index (Phi) is 6.70. The SMILES string of the molecule is C=C(NC)N1Cc2c(cc(COCC3(NC(=O)OC(C)(C)C)CCC3)cc2C(F)(F)F)C1=O. The van der Waals surface area contributed by atoms with Gasteiger partial charge in [-0.1, -0.05) is 6.58 Å². The lowest BCUT2D eigenvalue weighted by Gasteiger charge is -2.42. The summed E-state index contributed by atoms with van der Waals surface area (Å²) in [7, 11) is 1.55. The predicted octanol–water partition coefficient (Wildman–Crippen LogP) is 4.32. The summed E-state index contributed by atoms with van der Waals surface area (Å²) >= 11 is 0.